The zero-order chi connectivity index (χ0) is 12.1. The molecule has 4 nitrogen and oxygen atoms in total. The van der Waals surface area contributed by atoms with Crippen LogP contribution in [0.15, 0.2) is 22.8 Å². The second-order valence-electron chi connectivity index (χ2n) is 4.00. The van der Waals surface area contributed by atoms with Crippen LogP contribution in [0.25, 0.3) is 0 Å². The molecule has 3 unspecified atom stereocenters. The summed E-state index contributed by atoms with van der Waals surface area (Å²) in [7, 11) is 1.40. The molecule has 0 saturated carbocycles. The Balaban J connectivity index is 2.51. The van der Waals surface area contributed by atoms with Crippen molar-refractivity contribution in [3.8, 4) is 0 Å². The second kappa shape index (κ2) is 5.70. The molecule has 1 aromatic heterocycles. The van der Waals surface area contributed by atoms with Crippen molar-refractivity contribution in [3.05, 3.63) is 24.2 Å². The third-order valence-corrected chi connectivity index (χ3v) is 2.81. The SMILES string of the molecule is COC(=O)C(C)C(C)NC(C)c1ccco1. The number of esters is 1. The highest BCUT2D eigenvalue weighted by molar-refractivity contribution is 5.72. The van der Waals surface area contributed by atoms with E-state index in [1.165, 1.54) is 7.11 Å². The molecule has 3 atom stereocenters. The minimum Gasteiger partial charge on any atom is -0.469 e. The summed E-state index contributed by atoms with van der Waals surface area (Å²) in [5.41, 5.74) is 0. The highest BCUT2D eigenvalue weighted by atomic mass is 16.5. The van der Waals surface area contributed by atoms with Gasteiger partial charge < -0.3 is 14.5 Å². The molecule has 1 rings (SSSR count). The van der Waals surface area contributed by atoms with Gasteiger partial charge in [-0.25, -0.2) is 0 Å². The van der Waals surface area contributed by atoms with Crippen LogP contribution in [0.1, 0.15) is 32.6 Å². The Morgan fingerprint density at radius 2 is 2.12 bits per heavy atom. The fraction of sp³-hybridized carbons (Fsp3) is 0.583. The van der Waals surface area contributed by atoms with E-state index < -0.39 is 0 Å². The van der Waals surface area contributed by atoms with Gasteiger partial charge in [-0.1, -0.05) is 6.92 Å². The predicted molar refractivity (Wildman–Crippen MR) is 60.9 cm³/mol. The average Bonchev–Trinajstić information content (AvgIpc) is 2.80. The Hall–Kier alpha value is -1.29. The Kier molecular flexibility index (Phi) is 4.55. The van der Waals surface area contributed by atoms with Gasteiger partial charge in [0.15, 0.2) is 0 Å². The van der Waals surface area contributed by atoms with Gasteiger partial charge >= 0.3 is 5.97 Å². The maximum absolute atomic E-state index is 11.3. The van der Waals surface area contributed by atoms with Gasteiger partial charge in [-0.2, -0.15) is 0 Å². The van der Waals surface area contributed by atoms with Gasteiger partial charge in [0.2, 0.25) is 0 Å². The number of carbonyl (C=O) groups excluding carboxylic acids is 1. The number of methoxy groups -OCH3 is 1. The molecule has 0 amide bonds. The van der Waals surface area contributed by atoms with Gasteiger partial charge in [-0.15, -0.1) is 0 Å². The molecule has 0 aromatic carbocycles. The Morgan fingerprint density at radius 1 is 1.44 bits per heavy atom. The van der Waals surface area contributed by atoms with Crippen LogP contribution >= 0.6 is 0 Å². The minimum atomic E-state index is -0.202. The zero-order valence-electron chi connectivity index (χ0n) is 10.2. The summed E-state index contributed by atoms with van der Waals surface area (Å²) < 4.78 is 9.99. The van der Waals surface area contributed by atoms with Gasteiger partial charge in [0.1, 0.15) is 5.76 Å². The van der Waals surface area contributed by atoms with E-state index >= 15 is 0 Å². The van der Waals surface area contributed by atoms with Gasteiger partial charge in [0.25, 0.3) is 0 Å². The average molecular weight is 225 g/mol. The quantitative estimate of drug-likeness (QED) is 0.780. The number of hydrogen-bond acceptors (Lipinski definition) is 4. The molecule has 90 valence electrons. The maximum atomic E-state index is 11.3. The molecule has 16 heavy (non-hydrogen) atoms. The molecule has 0 bridgehead atoms. The first-order chi connectivity index (χ1) is 7.56. The van der Waals surface area contributed by atoms with Gasteiger partial charge in [0, 0.05) is 6.04 Å². The molecule has 1 N–H and O–H groups in total. The summed E-state index contributed by atoms with van der Waals surface area (Å²) in [5, 5.41) is 3.30. The van der Waals surface area contributed by atoms with Gasteiger partial charge in [-0.3, -0.25) is 4.79 Å². The lowest BCUT2D eigenvalue weighted by Gasteiger charge is -2.22. The van der Waals surface area contributed by atoms with E-state index in [0.717, 1.165) is 5.76 Å². The van der Waals surface area contributed by atoms with E-state index in [9.17, 15) is 4.79 Å². The van der Waals surface area contributed by atoms with Gasteiger partial charge in [0.05, 0.1) is 25.3 Å². The normalized spacial score (nSPS) is 16.5. The lowest BCUT2D eigenvalue weighted by Crippen LogP contribution is -2.38. The minimum absolute atomic E-state index is 0.0348. The maximum Gasteiger partial charge on any atom is 0.309 e. The summed E-state index contributed by atoms with van der Waals surface area (Å²) in [6.45, 7) is 5.80. The first-order valence-electron chi connectivity index (χ1n) is 5.43. The Morgan fingerprint density at radius 3 is 2.62 bits per heavy atom. The van der Waals surface area contributed by atoms with Crippen LogP contribution in [0, 0.1) is 5.92 Å². The summed E-state index contributed by atoms with van der Waals surface area (Å²) in [5.74, 6) is 0.484. The predicted octanol–water partition coefficient (Wildman–Crippen LogP) is 2.13. The molecular weight excluding hydrogens is 206 g/mol. The largest absolute Gasteiger partial charge is 0.469 e. The molecule has 1 aromatic rings. The lowest BCUT2D eigenvalue weighted by atomic mass is 10.0. The summed E-state index contributed by atoms with van der Waals surface area (Å²) in [6, 6.07) is 3.87. The van der Waals surface area contributed by atoms with Crippen molar-refractivity contribution in [3.63, 3.8) is 0 Å². The van der Waals surface area contributed by atoms with E-state index in [2.05, 4.69) is 5.32 Å². The summed E-state index contributed by atoms with van der Waals surface area (Å²) >= 11 is 0. The van der Waals surface area contributed by atoms with Crippen molar-refractivity contribution in [1.29, 1.82) is 0 Å². The number of ether oxygens (including phenoxy) is 1. The summed E-state index contributed by atoms with van der Waals surface area (Å²) in [6.07, 6.45) is 1.64. The van der Waals surface area contributed by atoms with E-state index in [1.54, 1.807) is 6.26 Å². The third kappa shape index (κ3) is 3.10. The lowest BCUT2D eigenvalue weighted by molar-refractivity contribution is -0.145. The number of nitrogens with one attached hydrogen (secondary N) is 1. The molecule has 0 fully saturated rings. The number of rotatable bonds is 5. The van der Waals surface area contributed by atoms with Crippen molar-refractivity contribution in [2.24, 2.45) is 5.92 Å². The first kappa shape index (κ1) is 12.8. The monoisotopic (exact) mass is 225 g/mol. The fourth-order valence-corrected chi connectivity index (χ4v) is 1.55. The van der Waals surface area contributed by atoms with Crippen LogP contribution in [-0.4, -0.2) is 19.1 Å². The molecule has 4 heteroatoms. The van der Waals surface area contributed by atoms with Crippen LogP contribution in [0.5, 0.6) is 0 Å². The zero-order valence-corrected chi connectivity index (χ0v) is 10.2. The van der Waals surface area contributed by atoms with Crippen molar-refractivity contribution >= 4 is 5.97 Å². The molecule has 0 saturated heterocycles. The standard InChI is InChI=1S/C12H19NO3/c1-8(12(14)15-4)9(2)13-10(3)11-6-5-7-16-11/h5-10,13H,1-4H3. The van der Waals surface area contributed by atoms with Crippen molar-refractivity contribution in [2.75, 3.05) is 7.11 Å². The van der Waals surface area contributed by atoms with Crippen LogP contribution in [0.4, 0.5) is 0 Å². The van der Waals surface area contributed by atoms with Crippen LogP contribution in [0.3, 0.4) is 0 Å². The molecule has 0 radical (unpaired) electrons. The smallest absolute Gasteiger partial charge is 0.309 e. The van der Waals surface area contributed by atoms with E-state index in [0.29, 0.717) is 0 Å². The van der Waals surface area contributed by atoms with E-state index in [1.807, 2.05) is 32.9 Å². The van der Waals surface area contributed by atoms with Crippen LogP contribution < -0.4 is 5.32 Å². The topological polar surface area (TPSA) is 51.5 Å². The molecule has 0 spiro atoms. The first-order valence-corrected chi connectivity index (χ1v) is 5.43. The highest BCUT2D eigenvalue weighted by Crippen LogP contribution is 2.15. The number of furan rings is 1. The van der Waals surface area contributed by atoms with Gasteiger partial charge in [-0.05, 0) is 26.0 Å². The number of hydrogen-bond donors (Lipinski definition) is 1. The van der Waals surface area contributed by atoms with Crippen molar-refractivity contribution in [2.45, 2.75) is 32.9 Å². The van der Waals surface area contributed by atoms with Crippen molar-refractivity contribution < 1.29 is 13.9 Å². The van der Waals surface area contributed by atoms with Crippen LogP contribution in [0.2, 0.25) is 0 Å². The molecular formula is C12H19NO3. The second-order valence-corrected chi connectivity index (χ2v) is 4.00. The highest BCUT2D eigenvalue weighted by Gasteiger charge is 2.22. The molecule has 0 aliphatic carbocycles. The third-order valence-electron chi connectivity index (χ3n) is 2.81. The fourth-order valence-electron chi connectivity index (χ4n) is 1.55. The number of carbonyl (C=O) groups is 1. The van der Waals surface area contributed by atoms with E-state index in [4.69, 9.17) is 9.15 Å². The Labute approximate surface area is 96.0 Å². The molecule has 0 aliphatic rings. The van der Waals surface area contributed by atoms with Crippen LogP contribution in [-0.2, 0) is 9.53 Å². The molecule has 0 aliphatic heterocycles. The molecule has 1 heterocycles. The van der Waals surface area contributed by atoms with E-state index in [-0.39, 0.29) is 24.0 Å². The Bertz CT molecular complexity index is 321. The summed E-state index contributed by atoms with van der Waals surface area (Å²) in [4.78, 5) is 11.3. The van der Waals surface area contributed by atoms with Crippen molar-refractivity contribution in [1.82, 2.24) is 5.32 Å².